The molecule has 0 aliphatic heterocycles. The summed E-state index contributed by atoms with van der Waals surface area (Å²) < 4.78 is 5.91. The minimum Gasteiger partial charge on any atom is -0.367 e. The monoisotopic (exact) mass is 281 g/mol. The van der Waals surface area contributed by atoms with E-state index in [1.54, 1.807) is 11.3 Å². The second-order valence-electron chi connectivity index (χ2n) is 4.28. The molecular formula is C14H16ClNOS. The molecule has 1 aromatic carbocycles. The predicted octanol–water partition coefficient (Wildman–Crippen LogP) is 4.01. The van der Waals surface area contributed by atoms with Crippen LogP contribution in [0.1, 0.15) is 24.2 Å². The smallest absolute Gasteiger partial charge is 0.0985 e. The highest BCUT2D eigenvalue weighted by Gasteiger charge is 2.17. The lowest BCUT2D eigenvalue weighted by Gasteiger charge is -2.20. The summed E-state index contributed by atoms with van der Waals surface area (Å²) in [6.45, 7) is 2.48. The van der Waals surface area contributed by atoms with Crippen molar-refractivity contribution in [2.24, 2.45) is 5.73 Å². The van der Waals surface area contributed by atoms with Crippen molar-refractivity contribution in [1.29, 1.82) is 0 Å². The fourth-order valence-corrected chi connectivity index (χ4v) is 2.70. The Morgan fingerprint density at radius 2 is 2.22 bits per heavy atom. The SMILES string of the molecule is CC(N)C(OCc1cccc(Cl)c1)c1ccsc1. The Morgan fingerprint density at radius 1 is 1.39 bits per heavy atom. The maximum atomic E-state index is 5.98. The van der Waals surface area contributed by atoms with E-state index in [4.69, 9.17) is 22.1 Å². The van der Waals surface area contributed by atoms with Gasteiger partial charge >= 0.3 is 0 Å². The van der Waals surface area contributed by atoms with Gasteiger partial charge in [-0.15, -0.1) is 0 Å². The van der Waals surface area contributed by atoms with Crippen LogP contribution in [0, 0.1) is 0 Å². The Bertz CT molecular complexity index is 484. The van der Waals surface area contributed by atoms with E-state index in [0.29, 0.717) is 6.61 Å². The number of rotatable bonds is 5. The molecule has 4 heteroatoms. The van der Waals surface area contributed by atoms with Crippen molar-refractivity contribution in [2.75, 3.05) is 0 Å². The first kappa shape index (κ1) is 13.6. The fraction of sp³-hybridized carbons (Fsp3) is 0.286. The average molecular weight is 282 g/mol. The van der Waals surface area contributed by atoms with Gasteiger partial charge in [-0.25, -0.2) is 0 Å². The molecule has 2 nitrogen and oxygen atoms in total. The van der Waals surface area contributed by atoms with Crippen molar-refractivity contribution in [3.63, 3.8) is 0 Å². The van der Waals surface area contributed by atoms with Crippen molar-refractivity contribution in [3.05, 3.63) is 57.2 Å². The molecule has 0 saturated heterocycles. The van der Waals surface area contributed by atoms with Crippen LogP contribution in [0.2, 0.25) is 5.02 Å². The van der Waals surface area contributed by atoms with Crippen LogP contribution >= 0.6 is 22.9 Å². The molecule has 0 amide bonds. The van der Waals surface area contributed by atoms with Crippen LogP contribution in [-0.4, -0.2) is 6.04 Å². The lowest BCUT2D eigenvalue weighted by Crippen LogP contribution is -2.26. The molecule has 18 heavy (non-hydrogen) atoms. The van der Waals surface area contributed by atoms with E-state index in [0.717, 1.165) is 16.1 Å². The number of hydrogen-bond acceptors (Lipinski definition) is 3. The molecule has 2 atom stereocenters. The van der Waals surface area contributed by atoms with Crippen LogP contribution in [0.4, 0.5) is 0 Å². The van der Waals surface area contributed by atoms with Crippen molar-refractivity contribution in [2.45, 2.75) is 25.7 Å². The summed E-state index contributed by atoms with van der Waals surface area (Å²) in [7, 11) is 0. The third kappa shape index (κ3) is 3.56. The van der Waals surface area contributed by atoms with Gasteiger partial charge in [-0.1, -0.05) is 23.7 Å². The Hall–Kier alpha value is -0.870. The minimum absolute atomic E-state index is 0.0428. The van der Waals surface area contributed by atoms with Crippen LogP contribution < -0.4 is 5.73 Å². The van der Waals surface area contributed by atoms with Crippen LogP contribution in [0.3, 0.4) is 0 Å². The van der Waals surface area contributed by atoms with Gasteiger partial charge in [0, 0.05) is 11.1 Å². The fourth-order valence-electron chi connectivity index (χ4n) is 1.80. The van der Waals surface area contributed by atoms with E-state index >= 15 is 0 Å². The van der Waals surface area contributed by atoms with Gasteiger partial charge in [-0.05, 0) is 47.0 Å². The molecule has 1 heterocycles. The molecule has 0 radical (unpaired) electrons. The number of ether oxygens (including phenoxy) is 1. The summed E-state index contributed by atoms with van der Waals surface area (Å²) in [5, 5.41) is 4.84. The van der Waals surface area contributed by atoms with Crippen molar-refractivity contribution in [1.82, 2.24) is 0 Å². The summed E-state index contributed by atoms with van der Waals surface area (Å²) >= 11 is 7.60. The molecular weight excluding hydrogens is 266 g/mol. The average Bonchev–Trinajstić information content (AvgIpc) is 2.82. The molecule has 0 saturated carbocycles. The van der Waals surface area contributed by atoms with E-state index in [-0.39, 0.29) is 12.1 Å². The summed E-state index contributed by atoms with van der Waals surface area (Å²) in [4.78, 5) is 0. The van der Waals surface area contributed by atoms with E-state index in [1.807, 2.05) is 36.6 Å². The molecule has 2 rings (SSSR count). The largest absolute Gasteiger partial charge is 0.367 e. The van der Waals surface area contributed by atoms with E-state index in [9.17, 15) is 0 Å². The topological polar surface area (TPSA) is 35.2 Å². The van der Waals surface area contributed by atoms with Crippen LogP contribution in [-0.2, 0) is 11.3 Å². The third-order valence-corrected chi connectivity index (χ3v) is 3.60. The Labute approximate surface area is 116 Å². The zero-order valence-corrected chi connectivity index (χ0v) is 11.7. The lowest BCUT2D eigenvalue weighted by atomic mass is 10.1. The Balaban J connectivity index is 2.03. The van der Waals surface area contributed by atoms with Gasteiger partial charge in [0.25, 0.3) is 0 Å². The molecule has 96 valence electrons. The van der Waals surface area contributed by atoms with E-state index < -0.39 is 0 Å². The van der Waals surface area contributed by atoms with Crippen LogP contribution in [0.25, 0.3) is 0 Å². The molecule has 2 aromatic rings. The Kier molecular flexibility index (Phi) is 4.78. The zero-order chi connectivity index (χ0) is 13.0. The Morgan fingerprint density at radius 3 is 2.83 bits per heavy atom. The number of thiophene rings is 1. The molecule has 0 aliphatic carbocycles. The summed E-state index contributed by atoms with van der Waals surface area (Å²) in [6, 6.07) is 9.69. The molecule has 0 aliphatic rings. The highest BCUT2D eigenvalue weighted by molar-refractivity contribution is 7.07. The van der Waals surface area contributed by atoms with Crippen molar-refractivity contribution < 1.29 is 4.74 Å². The van der Waals surface area contributed by atoms with Crippen molar-refractivity contribution in [3.8, 4) is 0 Å². The number of nitrogens with two attached hydrogens (primary N) is 1. The highest BCUT2D eigenvalue weighted by Crippen LogP contribution is 2.24. The molecule has 0 spiro atoms. The van der Waals surface area contributed by atoms with E-state index in [1.165, 1.54) is 0 Å². The summed E-state index contributed by atoms with van der Waals surface area (Å²) in [5.41, 5.74) is 8.17. The zero-order valence-electron chi connectivity index (χ0n) is 10.2. The standard InChI is InChI=1S/C14H16ClNOS/c1-10(16)14(12-5-6-18-9-12)17-8-11-3-2-4-13(15)7-11/h2-7,9-10,14H,8,16H2,1H3. The normalized spacial score (nSPS) is 14.4. The number of halogens is 1. The molecule has 0 bridgehead atoms. The highest BCUT2D eigenvalue weighted by atomic mass is 35.5. The van der Waals surface area contributed by atoms with Gasteiger partial charge < -0.3 is 10.5 Å². The quantitative estimate of drug-likeness (QED) is 0.899. The van der Waals surface area contributed by atoms with Gasteiger partial charge in [-0.3, -0.25) is 0 Å². The van der Waals surface area contributed by atoms with Crippen LogP contribution in [0.15, 0.2) is 41.1 Å². The molecule has 0 fully saturated rings. The predicted molar refractivity (Wildman–Crippen MR) is 77.0 cm³/mol. The first-order chi connectivity index (χ1) is 8.66. The lowest BCUT2D eigenvalue weighted by molar-refractivity contribution is 0.0262. The second kappa shape index (κ2) is 6.34. The van der Waals surface area contributed by atoms with Gasteiger partial charge in [0.05, 0.1) is 12.7 Å². The third-order valence-electron chi connectivity index (χ3n) is 2.67. The van der Waals surface area contributed by atoms with Crippen LogP contribution in [0.5, 0.6) is 0 Å². The molecule has 2 unspecified atom stereocenters. The molecule has 1 aromatic heterocycles. The van der Waals surface area contributed by atoms with E-state index in [2.05, 4.69) is 11.4 Å². The van der Waals surface area contributed by atoms with Gasteiger partial charge in [-0.2, -0.15) is 11.3 Å². The summed E-state index contributed by atoms with van der Waals surface area (Å²) in [6.07, 6.45) is -0.0739. The number of benzene rings is 1. The van der Waals surface area contributed by atoms with Gasteiger partial charge in [0.2, 0.25) is 0 Å². The second-order valence-corrected chi connectivity index (χ2v) is 5.49. The maximum absolute atomic E-state index is 5.98. The van der Waals surface area contributed by atoms with Gasteiger partial charge in [0.15, 0.2) is 0 Å². The number of hydrogen-bond donors (Lipinski definition) is 1. The first-order valence-electron chi connectivity index (χ1n) is 5.80. The van der Waals surface area contributed by atoms with Gasteiger partial charge in [0.1, 0.15) is 0 Å². The maximum Gasteiger partial charge on any atom is 0.0985 e. The summed E-state index contributed by atoms with van der Waals surface area (Å²) in [5.74, 6) is 0. The first-order valence-corrected chi connectivity index (χ1v) is 7.12. The minimum atomic E-state index is -0.0739. The molecule has 2 N–H and O–H groups in total. The van der Waals surface area contributed by atoms with Crippen molar-refractivity contribution >= 4 is 22.9 Å².